The Morgan fingerprint density at radius 3 is 2.06 bits per heavy atom. The molecule has 0 saturated carbocycles. The van der Waals surface area contributed by atoms with Gasteiger partial charge in [-0.05, 0) is 83.8 Å². The maximum Gasteiger partial charge on any atom is 0.416 e. The number of aliphatic carboxylic acids is 1. The van der Waals surface area contributed by atoms with Crippen LogP contribution in [0.15, 0.2) is 91.0 Å². The Morgan fingerprint density at radius 2 is 1.50 bits per heavy atom. The molecule has 0 atom stereocenters. The first-order valence-corrected chi connectivity index (χ1v) is 15.7. The Labute approximate surface area is 286 Å². The lowest BCUT2D eigenvalue weighted by Crippen LogP contribution is -2.29. The van der Waals surface area contributed by atoms with E-state index < -0.39 is 36.0 Å². The molecule has 260 valence electrons. The van der Waals surface area contributed by atoms with Crippen LogP contribution in [0.25, 0.3) is 0 Å². The minimum atomic E-state index is -4.66. The van der Waals surface area contributed by atoms with Gasteiger partial charge in [-0.15, -0.1) is 0 Å². The van der Waals surface area contributed by atoms with Crippen LogP contribution in [0.5, 0.6) is 11.5 Å². The molecule has 1 aliphatic rings. The molecule has 1 heterocycles. The molecule has 1 aliphatic heterocycles. The number of carboxylic acid groups (broad SMARTS) is 1. The number of halogens is 3. The molecule has 50 heavy (non-hydrogen) atoms. The number of anilines is 2. The number of methoxy groups -OCH3 is 1. The summed E-state index contributed by atoms with van der Waals surface area (Å²) >= 11 is 0. The Hall–Kier alpha value is -5.69. The van der Waals surface area contributed by atoms with Crippen LogP contribution >= 0.6 is 0 Å². The van der Waals surface area contributed by atoms with Gasteiger partial charge >= 0.3 is 18.1 Å². The van der Waals surface area contributed by atoms with Crippen molar-refractivity contribution in [2.75, 3.05) is 30.4 Å². The molecule has 4 aromatic rings. The number of hydrogen-bond donors (Lipinski definition) is 2. The fraction of sp³-hybridized carbons (Fsp3) is 0.243. The van der Waals surface area contributed by atoms with Gasteiger partial charge in [0.15, 0.2) is 0 Å². The molecule has 0 bridgehead atoms. The highest BCUT2D eigenvalue weighted by atomic mass is 19.4. The molecule has 0 unspecified atom stereocenters. The molecule has 2 amide bonds. The summed E-state index contributed by atoms with van der Waals surface area (Å²) in [4.78, 5) is 52.2. The largest absolute Gasteiger partial charge is 0.497 e. The molecule has 1 fully saturated rings. The minimum Gasteiger partial charge on any atom is -0.497 e. The van der Waals surface area contributed by atoms with Gasteiger partial charge in [0.1, 0.15) is 11.5 Å². The average Bonchev–Trinajstić information content (AvgIpc) is 3.51. The van der Waals surface area contributed by atoms with Crippen LogP contribution in [0, 0.1) is 0 Å². The third-order valence-corrected chi connectivity index (χ3v) is 8.00. The van der Waals surface area contributed by atoms with Crippen molar-refractivity contribution in [1.82, 2.24) is 4.90 Å². The molecule has 0 spiro atoms. The van der Waals surface area contributed by atoms with Crippen LogP contribution in [0.2, 0.25) is 0 Å². The third kappa shape index (κ3) is 9.47. The fourth-order valence-corrected chi connectivity index (χ4v) is 5.58. The van der Waals surface area contributed by atoms with Crippen molar-refractivity contribution in [3.8, 4) is 11.5 Å². The first kappa shape index (κ1) is 35.6. The van der Waals surface area contributed by atoms with Crippen molar-refractivity contribution in [3.63, 3.8) is 0 Å². The van der Waals surface area contributed by atoms with E-state index in [1.54, 1.807) is 82.6 Å². The van der Waals surface area contributed by atoms with E-state index in [1.807, 2.05) is 0 Å². The topological polar surface area (TPSA) is 125 Å². The van der Waals surface area contributed by atoms with Crippen LogP contribution < -0.4 is 19.7 Å². The monoisotopic (exact) mass is 689 g/mol. The number of carbonyl (C=O) groups is 4. The Balaban J connectivity index is 1.15. The lowest BCUT2D eigenvalue weighted by Gasteiger charge is -2.21. The van der Waals surface area contributed by atoms with Gasteiger partial charge in [-0.25, -0.2) is 4.79 Å². The van der Waals surface area contributed by atoms with Crippen LogP contribution in [0.3, 0.4) is 0 Å². The summed E-state index contributed by atoms with van der Waals surface area (Å²) in [6, 6.07) is 23.3. The second-order valence-corrected chi connectivity index (χ2v) is 11.7. The highest BCUT2D eigenvalue weighted by molar-refractivity contribution is 5.96. The summed E-state index contributed by atoms with van der Waals surface area (Å²) in [5.74, 6) is -1.83. The number of rotatable bonds is 13. The molecule has 1 saturated heterocycles. The Bertz CT molecular complexity index is 1840. The zero-order valence-corrected chi connectivity index (χ0v) is 27.0. The maximum absolute atomic E-state index is 13.5. The molecule has 10 nitrogen and oxygen atoms in total. The first-order valence-electron chi connectivity index (χ1n) is 15.7. The summed E-state index contributed by atoms with van der Waals surface area (Å²) < 4.78 is 51.0. The fourth-order valence-electron chi connectivity index (χ4n) is 5.58. The van der Waals surface area contributed by atoms with E-state index in [1.165, 1.54) is 19.2 Å². The van der Waals surface area contributed by atoms with Crippen molar-refractivity contribution in [1.29, 1.82) is 0 Å². The van der Waals surface area contributed by atoms with Crippen LogP contribution in [0.1, 0.15) is 45.5 Å². The average molecular weight is 690 g/mol. The summed E-state index contributed by atoms with van der Waals surface area (Å²) in [6.07, 6.45) is -3.85. The number of benzene rings is 4. The normalized spacial score (nSPS) is 13.0. The van der Waals surface area contributed by atoms with E-state index in [0.29, 0.717) is 30.0 Å². The second-order valence-electron chi connectivity index (χ2n) is 11.7. The van der Waals surface area contributed by atoms with Crippen LogP contribution in [-0.4, -0.2) is 54.0 Å². The number of alkyl halides is 3. The Morgan fingerprint density at radius 1 is 0.880 bits per heavy atom. The van der Waals surface area contributed by atoms with Crippen molar-refractivity contribution in [3.05, 3.63) is 119 Å². The summed E-state index contributed by atoms with van der Waals surface area (Å²) in [7, 11) is 1.26. The molecular formula is C37H34F3N3O7. The van der Waals surface area contributed by atoms with Crippen molar-refractivity contribution in [2.45, 2.75) is 38.5 Å². The maximum atomic E-state index is 13.5. The van der Waals surface area contributed by atoms with E-state index in [2.05, 4.69) is 5.32 Å². The van der Waals surface area contributed by atoms with Crippen LogP contribution in [0.4, 0.5) is 24.5 Å². The predicted molar refractivity (Wildman–Crippen MR) is 178 cm³/mol. The van der Waals surface area contributed by atoms with E-state index >= 15 is 0 Å². The van der Waals surface area contributed by atoms with E-state index in [9.17, 15) is 37.5 Å². The molecule has 5 rings (SSSR count). The Kier molecular flexibility index (Phi) is 11.2. The quantitative estimate of drug-likeness (QED) is 0.123. The summed E-state index contributed by atoms with van der Waals surface area (Å²) in [5.41, 5.74) is 1.80. The number of amides is 2. The number of nitrogens with one attached hydrogen (secondary N) is 1. The second kappa shape index (κ2) is 15.7. The number of hydrogen-bond acceptors (Lipinski definition) is 7. The predicted octanol–water partition coefficient (Wildman–Crippen LogP) is 6.33. The molecule has 2 N–H and O–H groups in total. The number of esters is 1. The van der Waals surface area contributed by atoms with Crippen molar-refractivity contribution in [2.24, 2.45) is 0 Å². The highest BCUT2D eigenvalue weighted by Gasteiger charge is 2.34. The zero-order valence-electron chi connectivity index (χ0n) is 27.0. The van der Waals surface area contributed by atoms with Crippen molar-refractivity contribution < 1.29 is 46.9 Å². The van der Waals surface area contributed by atoms with Gasteiger partial charge in [-0.3, -0.25) is 19.3 Å². The van der Waals surface area contributed by atoms with Gasteiger partial charge < -0.3 is 24.8 Å². The number of carbonyl (C=O) groups excluding carboxylic acids is 3. The molecule has 4 aromatic carbocycles. The van der Waals surface area contributed by atoms with Gasteiger partial charge in [-0.2, -0.15) is 13.2 Å². The molecule has 0 radical (unpaired) electrons. The van der Waals surface area contributed by atoms with Crippen molar-refractivity contribution >= 4 is 35.1 Å². The molecule has 0 aliphatic carbocycles. The first-order chi connectivity index (χ1) is 23.9. The minimum absolute atomic E-state index is 0.0308. The SMILES string of the molecule is COc1ccc(CC(=O)Nc2ccc(CN(CC(=O)O)Cc3ccc(OC(=O)c4ccc(N5CCCC5=O)cc4)cc3)cc2)c(C(F)(F)F)c1. The standard InChI is InChI=1S/C37H34F3N3O7/c1-49-31-17-10-27(32(20-31)37(38,39)40)19-33(44)41-28-11-4-24(5-12-28)21-42(23-35(46)47)22-25-6-15-30(16-7-25)50-36(48)26-8-13-29(14-9-26)43-18-2-3-34(43)45/h4-17,20H,2-3,18-19,21-23H2,1H3,(H,41,44)(H,46,47). The number of nitrogens with zero attached hydrogens (tertiary/aromatic N) is 2. The van der Waals surface area contributed by atoms with Crippen LogP contribution in [-0.2, 0) is 40.1 Å². The van der Waals surface area contributed by atoms with E-state index in [0.717, 1.165) is 29.3 Å². The van der Waals surface area contributed by atoms with E-state index in [-0.39, 0.29) is 36.9 Å². The highest BCUT2D eigenvalue weighted by Crippen LogP contribution is 2.35. The molecule has 0 aromatic heterocycles. The van der Waals surface area contributed by atoms with Gasteiger partial charge in [0.25, 0.3) is 0 Å². The zero-order chi connectivity index (χ0) is 35.8. The summed E-state index contributed by atoms with van der Waals surface area (Å²) in [5, 5.41) is 12.1. The van der Waals surface area contributed by atoms with Gasteiger partial charge in [0.05, 0.1) is 31.2 Å². The van der Waals surface area contributed by atoms with Gasteiger partial charge in [0, 0.05) is 37.4 Å². The number of ether oxygens (including phenoxy) is 2. The van der Waals surface area contributed by atoms with E-state index in [4.69, 9.17) is 9.47 Å². The number of carboxylic acids is 1. The molecular weight excluding hydrogens is 655 g/mol. The lowest BCUT2D eigenvalue weighted by molar-refractivity contribution is -0.139. The van der Waals surface area contributed by atoms with Gasteiger partial charge in [0.2, 0.25) is 11.8 Å². The lowest BCUT2D eigenvalue weighted by atomic mass is 10.0. The summed E-state index contributed by atoms with van der Waals surface area (Å²) in [6.45, 7) is 0.894. The molecule has 13 heteroatoms. The third-order valence-electron chi connectivity index (χ3n) is 8.00. The van der Waals surface area contributed by atoms with Gasteiger partial charge in [-0.1, -0.05) is 30.3 Å². The smallest absolute Gasteiger partial charge is 0.416 e.